The molecule has 1 atom stereocenters. The Morgan fingerprint density at radius 1 is 1.24 bits per heavy atom. The van der Waals surface area contributed by atoms with Crippen LogP contribution in [0.1, 0.15) is 30.3 Å². The van der Waals surface area contributed by atoms with Crippen molar-refractivity contribution in [1.82, 2.24) is 15.1 Å². The van der Waals surface area contributed by atoms with Crippen molar-refractivity contribution in [3.05, 3.63) is 58.5 Å². The third kappa shape index (κ3) is 4.26. The van der Waals surface area contributed by atoms with Gasteiger partial charge in [-0.15, -0.1) is 0 Å². The standard InChI is InChI=1S/C19H24N4O2/c1-2-11-23-18(24)9-8-17(21-23)19(25)20-13-15-10-12-22(14-15)16-6-4-3-5-7-16/h3-9,15H,2,10-14H2,1H3,(H,20,25)/t15-/m1/s1. The zero-order valence-corrected chi connectivity index (χ0v) is 14.5. The Balaban J connectivity index is 1.55. The lowest BCUT2D eigenvalue weighted by atomic mass is 10.1. The first-order chi connectivity index (χ1) is 12.2. The Bertz CT molecular complexity index is 772. The van der Waals surface area contributed by atoms with Gasteiger partial charge in [0.1, 0.15) is 5.69 Å². The molecular formula is C19H24N4O2. The third-order valence-corrected chi connectivity index (χ3v) is 4.49. The van der Waals surface area contributed by atoms with Crippen LogP contribution in [-0.4, -0.2) is 35.3 Å². The zero-order valence-electron chi connectivity index (χ0n) is 14.5. The van der Waals surface area contributed by atoms with Crippen molar-refractivity contribution in [3.63, 3.8) is 0 Å². The van der Waals surface area contributed by atoms with Gasteiger partial charge in [0.25, 0.3) is 11.5 Å². The fourth-order valence-corrected chi connectivity index (χ4v) is 3.14. The van der Waals surface area contributed by atoms with E-state index in [1.54, 1.807) is 0 Å². The van der Waals surface area contributed by atoms with E-state index in [4.69, 9.17) is 0 Å². The van der Waals surface area contributed by atoms with E-state index in [-0.39, 0.29) is 11.5 Å². The van der Waals surface area contributed by atoms with Crippen LogP contribution in [-0.2, 0) is 6.54 Å². The molecule has 25 heavy (non-hydrogen) atoms. The number of hydrogen-bond donors (Lipinski definition) is 1. The predicted octanol–water partition coefficient (Wildman–Crippen LogP) is 1.91. The molecular weight excluding hydrogens is 316 g/mol. The Hall–Kier alpha value is -2.63. The van der Waals surface area contributed by atoms with E-state index in [9.17, 15) is 9.59 Å². The molecule has 1 saturated heterocycles. The van der Waals surface area contributed by atoms with Gasteiger partial charge in [-0.3, -0.25) is 9.59 Å². The Morgan fingerprint density at radius 2 is 2.04 bits per heavy atom. The molecule has 1 fully saturated rings. The number of aryl methyl sites for hydroxylation is 1. The molecule has 0 spiro atoms. The molecule has 1 N–H and O–H groups in total. The van der Waals surface area contributed by atoms with Gasteiger partial charge < -0.3 is 10.2 Å². The summed E-state index contributed by atoms with van der Waals surface area (Å²) in [5.74, 6) is 0.203. The number of nitrogens with zero attached hydrogens (tertiary/aromatic N) is 3. The molecule has 6 heteroatoms. The lowest BCUT2D eigenvalue weighted by molar-refractivity contribution is 0.0940. The number of carbonyl (C=O) groups excluding carboxylic acids is 1. The first-order valence-corrected chi connectivity index (χ1v) is 8.83. The van der Waals surface area contributed by atoms with Gasteiger partial charge in [-0.05, 0) is 37.0 Å². The molecule has 0 radical (unpaired) electrons. The molecule has 132 valence electrons. The van der Waals surface area contributed by atoms with Gasteiger partial charge in [0, 0.05) is 37.9 Å². The average Bonchev–Trinajstić information content (AvgIpc) is 3.11. The van der Waals surface area contributed by atoms with Crippen molar-refractivity contribution in [1.29, 1.82) is 0 Å². The van der Waals surface area contributed by atoms with E-state index in [1.807, 2.05) is 25.1 Å². The van der Waals surface area contributed by atoms with Crippen molar-refractivity contribution in [3.8, 4) is 0 Å². The normalized spacial score (nSPS) is 16.8. The summed E-state index contributed by atoms with van der Waals surface area (Å²) in [5.41, 5.74) is 1.35. The van der Waals surface area contributed by atoms with Crippen LogP contribution < -0.4 is 15.8 Å². The first kappa shape index (κ1) is 17.2. The monoisotopic (exact) mass is 340 g/mol. The summed E-state index contributed by atoms with van der Waals surface area (Å²) in [6, 6.07) is 13.2. The predicted molar refractivity (Wildman–Crippen MR) is 97.9 cm³/mol. The number of aromatic nitrogens is 2. The highest BCUT2D eigenvalue weighted by Crippen LogP contribution is 2.22. The lowest BCUT2D eigenvalue weighted by Crippen LogP contribution is -2.33. The van der Waals surface area contributed by atoms with E-state index in [1.165, 1.54) is 22.5 Å². The summed E-state index contributed by atoms with van der Waals surface area (Å²) >= 11 is 0. The highest BCUT2D eigenvalue weighted by atomic mass is 16.2. The van der Waals surface area contributed by atoms with Crippen molar-refractivity contribution >= 4 is 11.6 Å². The second-order valence-electron chi connectivity index (χ2n) is 6.43. The van der Waals surface area contributed by atoms with Crippen LogP contribution in [0.4, 0.5) is 5.69 Å². The summed E-state index contributed by atoms with van der Waals surface area (Å²) < 4.78 is 1.35. The van der Waals surface area contributed by atoms with Crippen LogP contribution in [0.2, 0.25) is 0 Å². The number of amides is 1. The summed E-state index contributed by atoms with van der Waals surface area (Å²) in [4.78, 5) is 26.3. The molecule has 2 aromatic rings. The number of anilines is 1. The first-order valence-electron chi connectivity index (χ1n) is 8.83. The highest BCUT2D eigenvalue weighted by molar-refractivity contribution is 5.91. The van der Waals surface area contributed by atoms with Crippen LogP contribution in [0.5, 0.6) is 0 Å². The summed E-state index contributed by atoms with van der Waals surface area (Å²) in [6.45, 7) is 5.06. The number of para-hydroxylation sites is 1. The zero-order chi connectivity index (χ0) is 17.6. The average molecular weight is 340 g/mol. The van der Waals surface area contributed by atoms with Crippen molar-refractivity contribution < 1.29 is 4.79 Å². The van der Waals surface area contributed by atoms with Gasteiger partial charge in [0.05, 0.1) is 0 Å². The maximum absolute atomic E-state index is 12.3. The molecule has 1 aromatic carbocycles. The number of rotatable bonds is 6. The van der Waals surface area contributed by atoms with Gasteiger partial charge >= 0.3 is 0 Å². The Morgan fingerprint density at radius 3 is 2.80 bits per heavy atom. The SMILES string of the molecule is CCCn1nc(C(=O)NC[C@H]2CCN(c3ccccc3)C2)ccc1=O. The number of nitrogens with one attached hydrogen (secondary N) is 1. The van der Waals surface area contributed by atoms with Gasteiger partial charge in [0.15, 0.2) is 0 Å². The molecule has 2 heterocycles. The smallest absolute Gasteiger partial charge is 0.271 e. The molecule has 1 amide bonds. The largest absolute Gasteiger partial charge is 0.371 e. The molecule has 6 nitrogen and oxygen atoms in total. The van der Waals surface area contributed by atoms with Crippen LogP contribution in [0.15, 0.2) is 47.3 Å². The minimum Gasteiger partial charge on any atom is -0.371 e. The maximum atomic E-state index is 12.3. The Kier molecular flexibility index (Phi) is 5.48. The fraction of sp³-hybridized carbons (Fsp3) is 0.421. The second-order valence-corrected chi connectivity index (χ2v) is 6.43. The minimum absolute atomic E-state index is 0.173. The molecule has 0 saturated carbocycles. The van der Waals surface area contributed by atoms with Gasteiger partial charge in [0.2, 0.25) is 0 Å². The van der Waals surface area contributed by atoms with Crippen molar-refractivity contribution in [2.24, 2.45) is 5.92 Å². The molecule has 1 aliphatic heterocycles. The van der Waals surface area contributed by atoms with Crippen molar-refractivity contribution in [2.75, 3.05) is 24.5 Å². The van der Waals surface area contributed by atoms with Crippen LogP contribution >= 0.6 is 0 Å². The number of hydrogen-bond acceptors (Lipinski definition) is 4. The van der Waals surface area contributed by atoms with E-state index >= 15 is 0 Å². The second kappa shape index (κ2) is 7.96. The summed E-state index contributed by atoms with van der Waals surface area (Å²) in [6.07, 6.45) is 1.85. The molecule has 1 aromatic heterocycles. The van der Waals surface area contributed by atoms with Crippen LogP contribution in [0.3, 0.4) is 0 Å². The quantitative estimate of drug-likeness (QED) is 0.872. The van der Waals surface area contributed by atoms with E-state index in [0.717, 1.165) is 25.9 Å². The molecule has 1 aliphatic rings. The summed E-state index contributed by atoms with van der Waals surface area (Å²) in [7, 11) is 0. The summed E-state index contributed by atoms with van der Waals surface area (Å²) in [5, 5.41) is 7.11. The van der Waals surface area contributed by atoms with Crippen LogP contribution in [0, 0.1) is 5.92 Å². The van der Waals surface area contributed by atoms with E-state index in [2.05, 4.69) is 27.4 Å². The van der Waals surface area contributed by atoms with Gasteiger partial charge in [-0.1, -0.05) is 25.1 Å². The lowest BCUT2D eigenvalue weighted by Gasteiger charge is -2.18. The molecule has 0 bridgehead atoms. The topological polar surface area (TPSA) is 67.2 Å². The molecule has 0 aliphatic carbocycles. The highest BCUT2D eigenvalue weighted by Gasteiger charge is 2.23. The van der Waals surface area contributed by atoms with Gasteiger partial charge in [-0.25, -0.2) is 4.68 Å². The fourth-order valence-electron chi connectivity index (χ4n) is 3.14. The minimum atomic E-state index is -0.219. The Labute approximate surface area is 147 Å². The van der Waals surface area contributed by atoms with Crippen molar-refractivity contribution in [2.45, 2.75) is 26.3 Å². The van der Waals surface area contributed by atoms with Crippen LogP contribution in [0.25, 0.3) is 0 Å². The van der Waals surface area contributed by atoms with Gasteiger partial charge in [-0.2, -0.15) is 5.10 Å². The molecule has 3 rings (SSSR count). The van der Waals surface area contributed by atoms with E-state index in [0.29, 0.717) is 24.7 Å². The molecule has 0 unspecified atom stereocenters. The number of carbonyl (C=O) groups is 1. The maximum Gasteiger partial charge on any atom is 0.271 e. The van der Waals surface area contributed by atoms with E-state index < -0.39 is 0 Å². The third-order valence-electron chi connectivity index (χ3n) is 4.49. The number of benzene rings is 1.